The smallest absolute Gasteiger partial charge is 0.0644 e. The van der Waals surface area contributed by atoms with Crippen molar-refractivity contribution in [1.82, 2.24) is 14.7 Å². The molecule has 1 saturated heterocycles. The molecular weight excluding hydrogens is 286 g/mol. The maximum Gasteiger partial charge on any atom is 0.0644 e. The number of aliphatic hydroxyl groups excluding tert-OH is 1. The van der Waals surface area contributed by atoms with Gasteiger partial charge >= 0.3 is 0 Å². The Labute approximate surface area is 138 Å². The van der Waals surface area contributed by atoms with Crippen molar-refractivity contribution in [3.05, 3.63) is 53.9 Å². The van der Waals surface area contributed by atoms with E-state index in [1.165, 1.54) is 24.1 Å². The van der Waals surface area contributed by atoms with Crippen LogP contribution in [0.3, 0.4) is 0 Å². The van der Waals surface area contributed by atoms with E-state index >= 15 is 0 Å². The van der Waals surface area contributed by atoms with Crippen molar-refractivity contribution in [1.29, 1.82) is 0 Å². The minimum atomic E-state index is 0.155. The highest BCUT2D eigenvalue weighted by atomic mass is 16.3. The van der Waals surface area contributed by atoms with Crippen LogP contribution in [0.15, 0.2) is 42.6 Å². The first kappa shape index (κ1) is 16.2. The van der Waals surface area contributed by atoms with Crippen LogP contribution in [0.1, 0.15) is 42.9 Å². The van der Waals surface area contributed by atoms with E-state index in [9.17, 15) is 0 Å². The number of benzene rings is 1. The van der Waals surface area contributed by atoms with Crippen molar-refractivity contribution in [2.75, 3.05) is 26.2 Å². The Morgan fingerprint density at radius 1 is 1.17 bits per heavy atom. The molecule has 1 aliphatic heterocycles. The van der Waals surface area contributed by atoms with Crippen LogP contribution >= 0.6 is 0 Å². The normalized spacial score (nSPS) is 18.2. The fraction of sp³-hybridized carbons (Fsp3) is 0.526. The van der Waals surface area contributed by atoms with Gasteiger partial charge in [0.15, 0.2) is 0 Å². The zero-order valence-corrected chi connectivity index (χ0v) is 13.9. The van der Waals surface area contributed by atoms with Crippen LogP contribution in [0.5, 0.6) is 0 Å². The Morgan fingerprint density at radius 2 is 1.91 bits per heavy atom. The first-order chi connectivity index (χ1) is 11.3. The number of hydrogen-bond acceptors (Lipinski definition) is 3. The van der Waals surface area contributed by atoms with Crippen LogP contribution in [-0.2, 0) is 6.54 Å². The van der Waals surface area contributed by atoms with Crippen molar-refractivity contribution >= 4 is 0 Å². The highest BCUT2D eigenvalue weighted by Crippen LogP contribution is 2.29. The monoisotopic (exact) mass is 313 g/mol. The maximum atomic E-state index is 9.14. The van der Waals surface area contributed by atoms with Crippen molar-refractivity contribution in [2.45, 2.75) is 38.1 Å². The number of likely N-dealkylation sites (tertiary alicyclic amines) is 1. The molecule has 0 aliphatic carbocycles. The third-order valence-electron chi connectivity index (χ3n) is 4.97. The zero-order chi connectivity index (χ0) is 16.1. The van der Waals surface area contributed by atoms with Crippen LogP contribution in [-0.4, -0.2) is 46.0 Å². The Morgan fingerprint density at radius 3 is 2.61 bits per heavy atom. The second-order valence-corrected chi connectivity index (χ2v) is 6.59. The van der Waals surface area contributed by atoms with E-state index in [1.54, 1.807) is 0 Å². The lowest BCUT2D eigenvalue weighted by Crippen LogP contribution is -2.36. The molecule has 3 rings (SSSR count). The average Bonchev–Trinajstić information content (AvgIpc) is 3.05. The van der Waals surface area contributed by atoms with Crippen molar-refractivity contribution in [3.63, 3.8) is 0 Å². The summed E-state index contributed by atoms with van der Waals surface area (Å²) < 4.78 is 1.97. The molecule has 1 fully saturated rings. The van der Waals surface area contributed by atoms with Gasteiger partial charge in [-0.15, -0.1) is 0 Å². The summed E-state index contributed by atoms with van der Waals surface area (Å²) in [5, 5.41) is 13.5. The highest BCUT2D eigenvalue weighted by Gasteiger charge is 2.24. The van der Waals surface area contributed by atoms with Gasteiger partial charge in [0.1, 0.15) is 0 Å². The van der Waals surface area contributed by atoms with Crippen LogP contribution in [0, 0.1) is 0 Å². The summed E-state index contributed by atoms with van der Waals surface area (Å²) in [7, 11) is 0. The number of hydrogen-bond donors (Lipinski definition) is 1. The van der Waals surface area contributed by atoms with Gasteiger partial charge in [-0.05, 0) is 43.5 Å². The molecule has 23 heavy (non-hydrogen) atoms. The third kappa shape index (κ3) is 4.01. The van der Waals surface area contributed by atoms with E-state index in [4.69, 9.17) is 5.11 Å². The van der Waals surface area contributed by atoms with Gasteiger partial charge in [-0.2, -0.15) is 5.10 Å². The molecule has 2 heterocycles. The SMILES string of the molecule is CC(CN1CCC(c2ccnn2CCO)CC1)c1ccccc1. The highest BCUT2D eigenvalue weighted by molar-refractivity contribution is 5.19. The van der Waals surface area contributed by atoms with E-state index in [2.05, 4.69) is 53.3 Å². The molecule has 4 nitrogen and oxygen atoms in total. The lowest BCUT2D eigenvalue weighted by Gasteiger charge is -2.33. The Bertz CT molecular complexity index is 588. The molecule has 1 aromatic heterocycles. The molecule has 0 amide bonds. The molecule has 124 valence electrons. The second-order valence-electron chi connectivity index (χ2n) is 6.59. The van der Waals surface area contributed by atoms with E-state index in [1.807, 2.05) is 10.9 Å². The summed E-state index contributed by atoms with van der Waals surface area (Å²) in [6, 6.07) is 12.9. The fourth-order valence-electron chi connectivity index (χ4n) is 3.66. The summed E-state index contributed by atoms with van der Waals surface area (Å²) >= 11 is 0. The molecule has 1 N–H and O–H groups in total. The van der Waals surface area contributed by atoms with Gasteiger partial charge < -0.3 is 10.0 Å². The molecule has 0 radical (unpaired) electrons. The third-order valence-corrected chi connectivity index (χ3v) is 4.97. The Kier molecular flexibility index (Phi) is 5.47. The molecule has 1 aliphatic rings. The van der Waals surface area contributed by atoms with Gasteiger partial charge in [-0.3, -0.25) is 4.68 Å². The molecule has 1 atom stereocenters. The molecule has 0 saturated carbocycles. The molecule has 4 heteroatoms. The second kappa shape index (κ2) is 7.75. The Balaban J connectivity index is 1.53. The van der Waals surface area contributed by atoms with Crippen LogP contribution in [0.25, 0.3) is 0 Å². The molecule has 1 unspecified atom stereocenters. The summed E-state index contributed by atoms with van der Waals surface area (Å²) in [5.41, 5.74) is 2.71. The molecule has 0 bridgehead atoms. The topological polar surface area (TPSA) is 41.3 Å². The lowest BCUT2D eigenvalue weighted by atomic mass is 9.92. The average molecular weight is 313 g/mol. The van der Waals surface area contributed by atoms with Gasteiger partial charge in [0, 0.05) is 24.4 Å². The van der Waals surface area contributed by atoms with E-state index < -0.39 is 0 Å². The number of aromatic nitrogens is 2. The predicted octanol–water partition coefficient (Wildman–Crippen LogP) is 2.86. The largest absolute Gasteiger partial charge is 0.394 e. The van der Waals surface area contributed by atoms with Crippen molar-refractivity contribution < 1.29 is 5.11 Å². The number of nitrogens with zero attached hydrogens (tertiary/aromatic N) is 3. The molecule has 2 aromatic rings. The van der Waals surface area contributed by atoms with Gasteiger partial charge in [0.05, 0.1) is 13.2 Å². The number of aliphatic hydroxyl groups is 1. The van der Waals surface area contributed by atoms with Crippen molar-refractivity contribution in [3.8, 4) is 0 Å². The van der Waals surface area contributed by atoms with E-state index in [0.717, 1.165) is 19.6 Å². The number of piperidine rings is 1. The van der Waals surface area contributed by atoms with Gasteiger partial charge in [0.2, 0.25) is 0 Å². The first-order valence-electron chi connectivity index (χ1n) is 8.68. The van der Waals surface area contributed by atoms with Crippen LogP contribution in [0.4, 0.5) is 0 Å². The minimum absolute atomic E-state index is 0.155. The quantitative estimate of drug-likeness (QED) is 0.891. The van der Waals surface area contributed by atoms with Gasteiger partial charge in [0.25, 0.3) is 0 Å². The summed E-state index contributed by atoms with van der Waals surface area (Å²) in [4.78, 5) is 2.58. The first-order valence-corrected chi connectivity index (χ1v) is 8.68. The van der Waals surface area contributed by atoms with Crippen LogP contribution < -0.4 is 0 Å². The summed E-state index contributed by atoms with van der Waals surface area (Å²) in [6.45, 7) is 6.50. The number of rotatable bonds is 6. The summed E-state index contributed by atoms with van der Waals surface area (Å²) in [5.74, 6) is 1.15. The standard InChI is InChI=1S/C19H27N3O/c1-16(17-5-3-2-4-6-17)15-21-11-8-18(9-12-21)19-7-10-20-22(19)13-14-23/h2-7,10,16,18,23H,8-9,11-15H2,1H3. The Hall–Kier alpha value is -1.65. The minimum Gasteiger partial charge on any atom is -0.394 e. The maximum absolute atomic E-state index is 9.14. The lowest BCUT2D eigenvalue weighted by molar-refractivity contribution is 0.198. The molecule has 1 aromatic carbocycles. The zero-order valence-electron chi connectivity index (χ0n) is 13.9. The van der Waals surface area contributed by atoms with Gasteiger partial charge in [-0.1, -0.05) is 37.3 Å². The van der Waals surface area contributed by atoms with Gasteiger partial charge in [-0.25, -0.2) is 0 Å². The molecule has 0 spiro atoms. The fourth-order valence-corrected chi connectivity index (χ4v) is 3.66. The van der Waals surface area contributed by atoms with E-state index in [0.29, 0.717) is 18.4 Å². The van der Waals surface area contributed by atoms with E-state index in [-0.39, 0.29) is 6.61 Å². The molecular formula is C19H27N3O. The summed E-state index contributed by atoms with van der Waals surface area (Å²) in [6.07, 6.45) is 4.21. The predicted molar refractivity (Wildman–Crippen MR) is 92.6 cm³/mol. The van der Waals surface area contributed by atoms with Crippen LogP contribution in [0.2, 0.25) is 0 Å². The van der Waals surface area contributed by atoms with Crippen molar-refractivity contribution in [2.24, 2.45) is 0 Å².